The molecule has 1 heterocycles. The van der Waals surface area contributed by atoms with Gasteiger partial charge in [-0.3, -0.25) is 9.59 Å². The zero-order valence-corrected chi connectivity index (χ0v) is 20.9. The summed E-state index contributed by atoms with van der Waals surface area (Å²) < 4.78 is 16.0. The minimum absolute atomic E-state index is 0.0808. The Kier molecular flexibility index (Phi) is 8.60. The highest BCUT2D eigenvalue weighted by Gasteiger charge is 2.28. The molecule has 0 radical (unpaired) electrons. The van der Waals surface area contributed by atoms with E-state index in [9.17, 15) is 9.59 Å². The van der Waals surface area contributed by atoms with Crippen molar-refractivity contribution in [1.29, 1.82) is 0 Å². The maximum absolute atomic E-state index is 13.5. The molecule has 1 N–H and O–H groups in total. The number of carbonyl (C=O) groups excluding carboxylic acids is 2. The van der Waals surface area contributed by atoms with Crippen molar-refractivity contribution >= 4 is 11.8 Å². The van der Waals surface area contributed by atoms with Crippen molar-refractivity contribution in [1.82, 2.24) is 15.4 Å². The number of aromatic nitrogens is 1. The van der Waals surface area contributed by atoms with Crippen LogP contribution in [0.5, 0.6) is 11.5 Å². The standard InChI is InChI=1S/C28H33N3O5/c1-34-23-13-11-20(12-14-23)15-16-29-27(32)26-18-25(36-30-26)19-31(22-8-4-3-5-9-22)28(33)21-7-6-10-24(17-21)35-2/h6-7,10-14,17-18,22H,3-5,8-9,15-16,19H2,1-2H3,(H,29,32). The summed E-state index contributed by atoms with van der Waals surface area (Å²) in [7, 11) is 3.21. The van der Waals surface area contributed by atoms with Crippen LogP contribution in [-0.4, -0.2) is 48.7 Å². The molecule has 1 aliphatic rings. The molecule has 2 amide bonds. The second-order valence-electron chi connectivity index (χ2n) is 8.99. The van der Waals surface area contributed by atoms with Gasteiger partial charge in [0.15, 0.2) is 11.5 Å². The summed E-state index contributed by atoms with van der Waals surface area (Å²) in [4.78, 5) is 28.0. The van der Waals surface area contributed by atoms with Gasteiger partial charge in [-0.05, 0) is 55.2 Å². The number of amides is 2. The van der Waals surface area contributed by atoms with Crippen LogP contribution < -0.4 is 14.8 Å². The van der Waals surface area contributed by atoms with Crippen molar-refractivity contribution < 1.29 is 23.6 Å². The Morgan fingerprint density at radius 2 is 1.75 bits per heavy atom. The van der Waals surface area contributed by atoms with E-state index in [2.05, 4.69) is 10.5 Å². The van der Waals surface area contributed by atoms with Crippen LogP contribution >= 0.6 is 0 Å². The van der Waals surface area contributed by atoms with E-state index < -0.39 is 0 Å². The third-order valence-electron chi connectivity index (χ3n) is 6.57. The second-order valence-corrected chi connectivity index (χ2v) is 8.99. The predicted molar refractivity (Wildman–Crippen MR) is 135 cm³/mol. The van der Waals surface area contributed by atoms with Gasteiger partial charge in [0.25, 0.3) is 11.8 Å². The normalized spacial score (nSPS) is 13.7. The molecule has 8 heteroatoms. The molecule has 1 saturated carbocycles. The fourth-order valence-corrected chi connectivity index (χ4v) is 4.55. The first-order valence-electron chi connectivity index (χ1n) is 12.4. The molecule has 0 saturated heterocycles. The lowest BCUT2D eigenvalue weighted by Gasteiger charge is -2.33. The number of hydrogen-bond donors (Lipinski definition) is 1. The topological polar surface area (TPSA) is 93.9 Å². The van der Waals surface area contributed by atoms with Crippen molar-refractivity contribution in [2.24, 2.45) is 0 Å². The number of carbonyl (C=O) groups is 2. The molecule has 36 heavy (non-hydrogen) atoms. The van der Waals surface area contributed by atoms with Crippen molar-refractivity contribution in [3.05, 3.63) is 77.2 Å². The number of methoxy groups -OCH3 is 2. The van der Waals surface area contributed by atoms with Crippen LogP contribution in [0, 0.1) is 0 Å². The predicted octanol–water partition coefficient (Wildman–Crippen LogP) is 4.64. The number of ether oxygens (including phenoxy) is 2. The molecular formula is C28H33N3O5. The summed E-state index contributed by atoms with van der Waals surface area (Å²) in [6.45, 7) is 0.725. The monoisotopic (exact) mass is 491 g/mol. The highest BCUT2D eigenvalue weighted by Crippen LogP contribution is 2.27. The number of hydrogen-bond acceptors (Lipinski definition) is 6. The molecule has 0 unspecified atom stereocenters. The Bertz CT molecular complexity index is 1150. The van der Waals surface area contributed by atoms with Gasteiger partial charge in [-0.1, -0.05) is 42.6 Å². The van der Waals surface area contributed by atoms with Gasteiger partial charge in [0.05, 0.1) is 20.8 Å². The highest BCUT2D eigenvalue weighted by molar-refractivity contribution is 5.95. The van der Waals surface area contributed by atoms with Crippen LogP contribution in [0.2, 0.25) is 0 Å². The number of rotatable bonds is 10. The van der Waals surface area contributed by atoms with Crippen molar-refractivity contribution in [2.45, 2.75) is 51.1 Å². The Morgan fingerprint density at radius 3 is 2.47 bits per heavy atom. The first-order valence-corrected chi connectivity index (χ1v) is 12.4. The van der Waals surface area contributed by atoms with E-state index in [0.29, 0.717) is 30.0 Å². The molecule has 1 fully saturated rings. The van der Waals surface area contributed by atoms with E-state index in [1.807, 2.05) is 41.3 Å². The Morgan fingerprint density at radius 1 is 1.00 bits per heavy atom. The summed E-state index contributed by atoms with van der Waals surface area (Å²) >= 11 is 0. The minimum atomic E-state index is -0.304. The Balaban J connectivity index is 1.40. The van der Waals surface area contributed by atoms with E-state index in [1.165, 1.54) is 6.42 Å². The van der Waals surface area contributed by atoms with Crippen LogP contribution in [0.25, 0.3) is 0 Å². The molecule has 4 rings (SSSR count). The van der Waals surface area contributed by atoms with Gasteiger partial charge in [-0.2, -0.15) is 0 Å². The lowest BCUT2D eigenvalue weighted by Crippen LogP contribution is -2.40. The zero-order chi connectivity index (χ0) is 25.3. The first-order chi connectivity index (χ1) is 17.6. The zero-order valence-electron chi connectivity index (χ0n) is 20.9. The third-order valence-corrected chi connectivity index (χ3v) is 6.57. The van der Waals surface area contributed by atoms with Gasteiger partial charge >= 0.3 is 0 Å². The average molecular weight is 492 g/mol. The van der Waals surface area contributed by atoms with Crippen molar-refractivity contribution in [3.8, 4) is 11.5 Å². The van der Waals surface area contributed by atoms with Crippen LogP contribution in [0.1, 0.15) is 64.3 Å². The van der Waals surface area contributed by atoms with Crippen molar-refractivity contribution in [2.75, 3.05) is 20.8 Å². The smallest absolute Gasteiger partial charge is 0.273 e. The fraction of sp³-hybridized carbons (Fsp3) is 0.393. The highest BCUT2D eigenvalue weighted by atomic mass is 16.5. The van der Waals surface area contributed by atoms with E-state index in [1.54, 1.807) is 32.4 Å². The molecular weight excluding hydrogens is 458 g/mol. The molecule has 0 atom stereocenters. The van der Waals surface area contributed by atoms with Gasteiger partial charge in [-0.15, -0.1) is 0 Å². The second kappa shape index (κ2) is 12.2. The largest absolute Gasteiger partial charge is 0.497 e. The van der Waals surface area contributed by atoms with Gasteiger partial charge in [0.2, 0.25) is 0 Å². The summed E-state index contributed by atoms with van der Waals surface area (Å²) in [6.07, 6.45) is 5.94. The van der Waals surface area contributed by atoms with Crippen LogP contribution in [0.4, 0.5) is 0 Å². The van der Waals surface area contributed by atoms with E-state index in [4.69, 9.17) is 14.0 Å². The number of benzene rings is 2. The molecule has 0 bridgehead atoms. The maximum atomic E-state index is 13.5. The van der Waals surface area contributed by atoms with E-state index in [-0.39, 0.29) is 30.1 Å². The summed E-state index contributed by atoms with van der Waals surface area (Å²) in [5, 5.41) is 6.84. The van der Waals surface area contributed by atoms with Gasteiger partial charge in [0.1, 0.15) is 11.5 Å². The van der Waals surface area contributed by atoms with Gasteiger partial charge in [0, 0.05) is 24.2 Å². The molecule has 190 valence electrons. The molecule has 0 spiro atoms. The quantitative estimate of drug-likeness (QED) is 0.444. The minimum Gasteiger partial charge on any atom is -0.497 e. The average Bonchev–Trinajstić information content (AvgIpc) is 3.41. The lowest BCUT2D eigenvalue weighted by molar-refractivity contribution is 0.0590. The summed E-state index contributed by atoms with van der Waals surface area (Å²) in [6, 6.07) is 16.6. The maximum Gasteiger partial charge on any atom is 0.273 e. The number of nitrogens with zero attached hydrogens (tertiary/aromatic N) is 2. The molecule has 2 aromatic carbocycles. The first kappa shape index (κ1) is 25.3. The van der Waals surface area contributed by atoms with Crippen LogP contribution in [0.3, 0.4) is 0 Å². The van der Waals surface area contributed by atoms with E-state index in [0.717, 1.165) is 37.0 Å². The lowest BCUT2D eigenvalue weighted by atomic mass is 9.93. The van der Waals surface area contributed by atoms with Gasteiger partial charge < -0.3 is 24.2 Å². The summed E-state index contributed by atoms with van der Waals surface area (Å²) in [5.41, 5.74) is 1.87. The Labute approximate surface area is 211 Å². The number of nitrogens with one attached hydrogen (secondary N) is 1. The molecule has 3 aromatic rings. The summed E-state index contributed by atoms with van der Waals surface area (Å²) in [5.74, 6) is 1.53. The molecule has 1 aliphatic carbocycles. The van der Waals surface area contributed by atoms with Crippen LogP contribution in [0.15, 0.2) is 59.1 Å². The van der Waals surface area contributed by atoms with Crippen LogP contribution in [-0.2, 0) is 13.0 Å². The molecule has 1 aromatic heterocycles. The van der Waals surface area contributed by atoms with E-state index >= 15 is 0 Å². The fourth-order valence-electron chi connectivity index (χ4n) is 4.55. The Hall–Kier alpha value is -3.81. The molecule has 8 nitrogen and oxygen atoms in total. The van der Waals surface area contributed by atoms with Gasteiger partial charge in [-0.25, -0.2) is 0 Å². The third kappa shape index (κ3) is 6.44. The van der Waals surface area contributed by atoms with Crippen molar-refractivity contribution in [3.63, 3.8) is 0 Å². The SMILES string of the molecule is COc1ccc(CCNC(=O)c2cc(CN(C(=O)c3cccc(OC)c3)C3CCCCC3)on2)cc1. The molecule has 0 aliphatic heterocycles.